The average molecular weight is 949 g/mol. The molecule has 0 unspecified atom stereocenters. The van der Waals surface area contributed by atoms with Crippen LogP contribution >= 0.6 is 0 Å². The molecular weight excluding hydrogens is 909 g/mol. The first-order valence-electron chi connectivity index (χ1n) is 23.7. The van der Waals surface area contributed by atoms with E-state index in [4.69, 9.17) is 0 Å². The Labute approximate surface area is 420 Å². The lowest BCUT2D eigenvalue weighted by Crippen LogP contribution is -2.77. The number of benzene rings is 10. The zero-order valence-electron chi connectivity index (χ0n) is 38.8. The molecule has 0 saturated carbocycles. The van der Waals surface area contributed by atoms with Gasteiger partial charge in [0.15, 0.2) is 16.1 Å². The fraction of sp³-hybridized carbons (Fsp3) is 0. The van der Waals surface area contributed by atoms with Crippen molar-refractivity contribution in [1.29, 1.82) is 21.0 Å². The van der Waals surface area contributed by atoms with Gasteiger partial charge in [0.05, 0.1) is 46.5 Å². The van der Waals surface area contributed by atoms with Crippen molar-refractivity contribution in [3.63, 3.8) is 0 Å². The molecule has 72 heavy (non-hydrogen) atoms. The quantitative estimate of drug-likeness (QED) is 0.148. The number of anilines is 6. The molecule has 0 aromatic heterocycles. The van der Waals surface area contributed by atoms with E-state index in [2.05, 4.69) is 228 Å². The summed E-state index contributed by atoms with van der Waals surface area (Å²) in [6, 6.07) is 93.6. The van der Waals surface area contributed by atoms with Crippen LogP contribution in [0.25, 0.3) is 11.1 Å². The van der Waals surface area contributed by atoms with Crippen molar-refractivity contribution < 1.29 is 0 Å². The van der Waals surface area contributed by atoms with Gasteiger partial charge < -0.3 is 9.80 Å². The maximum Gasteiger partial charge on any atom is 0.184 e. The molecular formula is C64H40N6Si2. The monoisotopic (exact) mass is 948 g/mol. The number of hydrogen-bond donors (Lipinski definition) is 0. The molecule has 0 radical (unpaired) electrons. The lowest BCUT2D eigenvalue weighted by molar-refractivity contribution is 1.27. The molecule has 10 aromatic carbocycles. The van der Waals surface area contributed by atoms with Crippen LogP contribution in [0.2, 0.25) is 0 Å². The van der Waals surface area contributed by atoms with E-state index in [1.54, 1.807) is 24.3 Å². The maximum atomic E-state index is 11.2. The summed E-state index contributed by atoms with van der Waals surface area (Å²) in [7, 11) is -5.87. The van der Waals surface area contributed by atoms with E-state index < -0.39 is 16.1 Å². The van der Waals surface area contributed by atoms with E-state index >= 15 is 0 Å². The van der Waals surface area contributed by atoms with Gasteiger partial charge in [-0.05, 0) is 90.0 Å². The van der Waals surface area contributed by atoms with Crippen molar-refractivity contribution >= 4 is 91.8 Å². The largest absolute Gasteiger partial charge is 0.311 e. The second-order valence-electron chi connectivity index (χ2n) is 18.0. The van der Waals surface area contributed by atoms with Crippen LogP contribution in [0.5, 0.6) is 0 Å². The molecule has 10 aromatic rings. The van der Waals surface area contributed by atoms with E-state index in [0.29, 0.717) is 11.4 Å². The Balaban J connectivity index is 1.05. The van der Waals surface area contributed by atoms with Crippen molar-refractivity contribution in [3.05, 3.63) is 265 Å². The molecule has 6 nitrogen and oxygen atoms in total. The third-order valence-electron chi connectivity index (χ3n) is 14.5. The Bertz CT molecular complexity index is 3440. The van der Waals surface area contributed by atoms with Gasteiger partial charge in [-0.3, -0.25) is 0 Å². The van der Waals surface area contributed by atoms with Gasteiger partial charge in [0.2, 0.25) is 0 Å². The highest BCUT2D eigenvalue weighted by atomic mass is 28.3. The van der Waals surface area contributed by atoms with Crippen LogP contribution < -0.4 is 51.3 Å². The Kier molecular flexibility index (Phi) is 10.6. The lowest BCUT2D eigenvalue weighted by atomic mass is 9.87. The van der Waals surface area contributed by atoms with Gasteiger partial charge >= 0.3 is 0 Å². The normalized spacial score (nSPS) is 13.4. The number of hydrogen-bond acceptors (Lipinski definition) is 6. The fourth-order valence-corrected chi connectivity index (χ4v) is 22.0. The minimum absolute atomic E-state index is 0.176. The van der Waals surface area contributed by atoms with Crippen molar-refractivity contribution in [2.24, 2.45) is 0 Å². The highest BCUT2D eigenvalue weighted by Gasteiger charge is 2.50. The topological polar surface area (TPSA) is 102 Å². The third kappa shape index (κ3) is 6.35. The Morgan fingerprint density at radius 2 is 0.472 bits per heavy atom. The van der Waals surface area contributed by atoms with Gasteiger partial charge in [-0.2, -0.15) is 21.0 Å². The summed E-state index contributed by atoms with van der Waals surface area (Å²) >= 11 is 0. The molecule has 12 rings (SSSR count). The molecule has 0 spiro atoms. The van der Waals surface area contributed by atoms with Crippen LogP contribution in [0, 0.1) is 45.3 Å². The van der Waals surface area contributed by atoms with Gasteiger partial charge in [0.1, 0.15) is 0 Å². The molecule has 8 heteroatoms. The van der Waals surface area contributed by atoms with Crippen LogP contribution in [-0.2, 0) is 0 Å². The molecule has 2 aliphatic heterocycles. The molecule has 0 saturated heterocycles. The van der Waals surface area contributed by atoms with E-state index in [1.807, 2.05) is 24.3 Å². The van der Waals surface area contributed by atoms with Crippen LogP contribution in [0.3, 0.4) is 0 Å². The van der Waals surface area contributed by atoms with Gasteiger partial charge in [-0.1, -0.05) is 194 Å². The summed E-state index contributed by atoms with van der Waals surface area (Å²) < 4.78 is 0. The summed E-state index contributed by atoms with van der Waals surface area (Å²) in [5, 5.41) is 54.4. The van der Waals surface area contributed by atoms with Gasteiger partial charge in [0, 0.05) is 45.3 Å². The van der Waals surface area contributed by atoms with Crippen molar-refractivity contribution in [2.45, 2.75) is 0 Å². The van der Waals surface area contributed by atoms with Crippen LogP contribution in [0.15, 0.2) is 243 Å². The van der Waals surface area contributed by atoms with Crippen LogP contribution in [-0.4, -0.2) is 16.1 Å². The number of nitrogens with zero attached hydrogens (tertiary/aromatic N) is 6. The zero-order chi connectivity index (χ0) is 48.8. The Morgan fingerprint density at radius 1 is 0.264 bits per heavy atom. The molecule has 2 heterocycles. The Morgan fingerprint density at radius 3 is 0.694 bits per heavy atom. The fourth-order valence-electron chi connectivity index (χ4n) is 11.8. The van der Waals surface area contributed by atoms with Crippen molar-refractivity contribution in [3.8, 4) is 35.4 Å². The average Bonchev–Trinajstić information content (AvgIpc) is 3.46. The summed E-state index contributed by atoms with van der Waals surface area (Å²) in [6.45, 7) is 0. The number of rotatable bonds is 7. The second-order valence-corrected chi connectivity index (χ2v) is 25.4. The summed E-state index contributed by atoms with van der Waals surface area (Å²) in [4.78, 5) is 4.32. The number of nitriles is 4. The standard InChI is InChI=1S/C64H40N6Si2/c65-41-45-37-49(69-55-29-13-17-33-59(55)71(51-21-5-1-6-22-51,52-23-7-2-8-24-52)60-34-18-14-30-56(60)69)38-46(42-66)63(45)64-47(43-67)39-50(40-48(64)44-68)70-57-31-15-19-35-61(57)72(53-25-9-3-10-26-53,54-27-11-4-12-28-54)62-36-20-16-32-58(62)70/h1-40H. The lowest BCUT2D eigenvalue weighted by Gasteiger charge is -2.45. The third-order valence-corrected chi connectivity index (χ3v) is 24.2. The molecule has 0 bridgehead atoms. The van der Waals surface area contributed by atoms with E-state index in [9.17, 15) is 21.0 Å². The van der Waals surface area contributed by atoms with Crippen LogP contribution in [0.1, 0.15) is 22.3 Å². The van der Waals surface area contributed by atoms with Crippen LogP contribution in [0.4, 0.5) is 34.1 Å². The minimum Gasteiger partial charge on any atom is -0.311 e. The first-order chi connectivity index (χ1) is 35.6. The maximum absolute atomic E-state index is 11.2. The van der Waals surface area contributed by atoms with Crippen molar-refractivity contribution in [2.75, 3.05) is 9.80 Å². The SMILES string of the molecule is N#Cc1cc(N2c3ccccc3[Si](c3ccccc3)(c3ccccc3)c3ccccc32)cc(C#N)c1-c1c(C#N)cc(N2c3ccccc3[Si](c3ccccc3)(c3ccccc3)c3ccccc32)cc1C#N. The molecule has 0 amide bonds. The zero-order valence-corrected chi connectivity index (χ0v) is 40.8. The van der Waals surface area contributed by atoms with Crippen molar-refractivity contribution in [1.82, 2.24) is 0 Å². The number of fused-ring (bicyclic) bond motifs is 4. The molecule has 0 atom stereocenters. The van der Waals surface area contributed by atoms with Gasteiger partial charge in [-0.15, -0.1) is 0 Å². The molecule has 0 N–H and O–H groups in total. The summed E-state index contributed by atoms with van der Waals surface area (Å²) in [5.41, 5.74) is 6.24. The van der Waals surface area contributed by atoms with Gasteiger partial charge in [-0.25, -0.2) is 0 Å². The second kappa shape index (κ2) is 17.6. The minimum atomic E-state index is -2.94. The Hall–Kier alpha value is -9.81. The first kappa shape index (κ1) is 43.5. The van der Waals surface area contributed by atoms with Gasteiger partial charge in [0.25, 0.3) is 0 Å². The summed E-state index contributed by atoms with van der Waals surface area (Å²) in [6.07, 6.45) is 0. The molecule has 0 fully saturated rings. The number of para-hydroxylation sites is 4. The highest BCUT2D eigenvalue weighted by Crippen LogP contribution is 2.45. The predicted molar refractivity (Wildman–Crippen MR) is 294 cm³/mol. The summed E-state index contributed by atoms with van der Waals surface area (Å²) in [5.74, 6) is 0. The molecule has 0 aliphatic carbocycles. The predicted octanol–water partition coefficient (Wildman–Crippen LogP) is 9.16. The molecule has 2 aliphatic rings. The van der Waals surface area contributed by atoms with E-state index in [-0.39, 0.29) is 33.4 Å². The van der Waals surface area contributed by atoms with E-state index in [1.165, 1.54) is 41.5 Å². The first-order valence-corrected chi connectivity index (χ1v) is 27.7. The molecule has 334 valence electrons. The highest BCUT2D eigenvalue weighted by molar-refractivity contribution is 7.22. The smallest absolute Gasteiger partial charge is 0.184 e. The van der Waals surface area contributed by atoms with E-state index in [0.717, 1.165) is 22.7 Å².